The molecule has 2 heterocycles. The summed E-state index contributed by atoms with van der Waals surface area (Å²) in [5.41, 5.74) is 4.00. The van der Waals surface area contributed by atoms with Gasteiger partial charge in [0.1, 0.15) is 12.4 Å². The van der Waals surface area contributed by atoms with E-state index in [1.165, 1.54) is 5.69 Å². The average Bonchev–Trinajstić information content (AvgIpc) is 3.01. The molecule has 1 aliphatic heterocycles. The summed E-state index contributed by atoms with van der Waals surface area (Å²) in [6, 6.07) is 8.23. The Morgan fingerprint density at radius 2 is 1.77 bits per heavy atom. The molecule has 9 heteroatoms. The molecule has 5 nitrogen and oxygen atoms in total. The predicted molar refractivity (Wildman–Crippen MR) is 116 cm³/mol. The van der Waals surface area contributed by atoms with Crippen molar-refractivity contribution in [1.29, 1.82) is 0 Å². The standard InChI is InChI=1S/C17H23N3O2S.3ClH/c1-14-17(23-13-18-14)22-12-11-19-7-9-20(10-8-19)15-5-3-4-6-16(15)21-2;;;/h3-6,13H,7-12H2,1-2H3;3*1H. The van der Waals surface area contributed by atoms with Crippen LogP contribution in [0.4, 0.5) is 5.69 Å². The number of hydrogen-bond acceptors (Lipinski definition) is 6. The highest BCUT2D eigenvalue weighted by molar-refractivity contribution is 7.11. The van der Waals surface area contributed by atoms with Crippen molar-refractivity contribution in [3.8, 4) is 10.8 Å². The van der Waals surface area contributed by atoms with Crippen LogP contribution in [0.5, 0.6) is 10.8 Å². The minimum atomic E-state index is 0. The molecule has 0 unspecified atom stereocenters. The lowest BCUT2D eigenvalue weighted by atomic mass is 10.2. The largest absolute Gasteiger partial charge is 0.495 e. The highest BCUT2D eigenvalue weighted by Crippen LogP contribution is 2.28. The van der Waals surface area contributed by atoms with Crippen molar-refractivity contribution in [1.82, 2.24) is 9.88 Å². The van der Waals surface area contributed by atoms with Gasteiger partial charge in [-0.3, -0.25) is 4.90 Å². The van der Waals surface area contributed by atoms with Crippen LogP contribution >= 0.6 is 48.6 Å². The van der Waals surface area contributed by atoms with E-state index < -0.39 is 0 Å². The zero-order valence-corrected chi connectivity index (χ0v) is 18.2. The second-order valence-electron chi connectivity index (χ2n) is 5.57. The van der Waals surface area contributed by atoms with Crippen molar-refractivity contribution in [2.24, 2.45) is 0 Å². The van der Waals surface area contributed by atoms with Gasteiger partial charge in [-0.1, -0.05) is 23.5 Å². The van der Waals surface area contributed by atoms with Crippen LogP contribution < -0.4 is 14.4 Å². The molecule has 1 aromatic carbocycles. The summed E-state index contributed by atoms with van der Waals surface area (Å²) in [6.07, 6.45) is 0. The number of hydrogen-bond donors (Lipinski definition) is 0. The SMILES string of the molecule is COc1ccccc1N1CCN(CCOc2scnc2C)CC1.Cl.Cl.Cl. The van der Waals surface area contributed by atoms with Crippen LogP contribution in [0, 0.1) is 6.92 Å². The summed E-state index contributed by atoms with van der Waals surface area (Å²) in [7, 11) is 1.73. The normalized spacial score (nSPS) is 13.8. The molecule has 26 heavy (non-hydrogen) atoms. The third kappa shape index (κ3) is 6.35. The number of aryl methyl sites for hydroxylation is 1. The van der Waals surface area contributed by atoms with Gasteiger partial charge in [-0.05, 0) is 19.1 Å². The Morgan fingerprint density at radius 3 is 2.38 bits per heavy atom. The molecule has 148 valence electrons. The maximum atomic E-state index is 5.81. The molecular weight excluding hydrogens is 417 g/mol. The number of benzene rings is 1. The second kappa shape index (κ2) is 12.5. The summed E-state index contributed by atoms with van der Waals surface area (Å²) >= 11 is 1.56. The molecule has 1 saturated heterocycles. The van der Waals surface area contributed by atoms with Gasteiger partial charge in [-0.25, -0.2) is 4.98 Å². The Bertz CT molecular complexity index is 637. The van der Waals surface area contributed by atoms with E-state index in [2.05, 4.69) is 26.9 Å². The number of aromatic nitrogens is 1. The van der Waals surface area contributed by atoms with Gasteiger partial charge < -0.3 is 14.4 Å². The summed E-state index contributed by atoms with van der Waals surface area (Å²) in [4.78, 5) is 9.04. The average molecular weight is 443 g/mol. The molecule has 0 aliphatic carbocycles. The van der Waals surface area contributed by atoms with Crippen LogP contribution in [0.25, 0.3) is 0 Å². The zero-order chi connectivity index (χ0) is 16.1. The quantitative estimate of drug-likeness (QED) is 0.678. The van der Waals surface area contributed by atoms with E-state index in [-0.39, 0.29) is 37.2 Å². The van der Waals surface area contributed by atoms with Crippen molar-refractivity contribution in [2.75, 3.05) is 51.3 Å². The minimum Gasteiger partial charge on any atom is -0.495 e. The lowest BCUT2D eigenvalue weighted by Crippen LogP contribution is -2.47. The smallest absolute Gasteiger partial charge is 0.196 e. The summed E-state index contributed by atoms with van der Waals surface area (Å²) in [5, 5.41) is 0.942. The van der Waals surface area contributed by atoms with Crippen molar-refractivity contribution in [3.05, 3.63) is 35.5 Å². The fourth-order valence-electron chi connectivity index (χ4n) is 2.80. The molecule has 1 fully saturated rings. The van der Waals surface area contributed by atoms with E-state index in [9.17, 15) is 0 Å². The number of methoxy groups -OCH3 is 1. The minimum absolute atomic E-state index is 0. The van der Waals surface area contributed by atoms with Crippen LogP contribution in [-0.2, 0) is 0 Å². The highest BCUT2D eigenvalue weighted by atomic mass is 35.5. The number of piperazine rings is 1. The zero-order valence-electron chi connectivity index (χ0n) is 14.9. The molecule has 0 spiro atoms. The van der Waals surface area contributed by atoms with Crippen molar-refractivity contribution >= 4 is 54.2 Å². The summed E-state index contributed by atoms with van der Waals surface area (Å²) < 4.78 is 11.3. The Kier molecular flexibility index (Phi) is 12.0. The maximum absolute atomic E-state index is 5.81. The summed E-state index contributed by atoms with van der Waals surface area (Å²) in [6.45, 7) is 7.78. The van der Waals surface area contributed by atoms with E-state index in [0.717, 1.165) is 55.8 Å². The molecule has 3 rings (SSSR count). The third-order valence-electron chi connectivity index (χ3n) is 4.14. The van der Waals surface area contributed by atoms with Gasteiger partial charge in [0.15, 0.2) is 5.06 Å². The Balaban J connectivity index is 0.00000208. The monoisotopic (exact) mass is 441 g/mol. The first kappa shape index (κ1) is 25.1. The third-order valence-corrected chi connectivity index (χ3v) is 4.98. The van der Waals surface area contributed by atoms with E-state index in [1.54, 1.807) is 18.4 Å². The first-order valence-corrected chi connectivity index (χ1v) is 8.79. The number of anilines is 1. The van der Waals surface area contributed by atoms with E-state index in [1.807, 2.05) is 24.6 Å². The first-order chi connectivity index (χ1) is 11.3. The maximum Gasteiger partial charge on any atom is 0.196 e. The number of thiazole rings is 1. The fourth-order valence-corrected chi connectivity index (χ4v) is 3.48. The van der Waals surface area contributed by atoms with E-state index in [4.69, 9.17) is 9.47 Å². The molecular formula is C17H26Cl3N3O2S. The van der Waals surface area contributed by atoms with Crippen molar-refractivity contribution in [2.45, 2.75) is 6.92 Å². The number of para-hydroxylation sites is 2. The fraction of sp³-hybridized carbons (Fsp3) is 0.471. The van der Waals surface area contributed by atoms with Gasteiger partial charge >= 0.3 is 0 Å². The molecule has 0 amide bonds. The van der Waals surface area contributed by atoms with E-state index >= 15 is 0 Å². The van der Waals surface area contributed by atoms with Crippen LogP contribution in [0.1, 0.15) is 5.69 Å². The van der Waals surface area contributed by atoms with Crippen LogP contribution in [0.3, 0.4) is 0 Å². The molecule has 0 bridgehead atoms. The predicted octanol–water partition coefficient (Wildman–Crippen LogP) is 3.93. The first-order valence-electron chi connectivity index (χ1n) is 7.91. The van der Waals surface area contributed by atoms with Gasteiger partial charge in [0.05, 0.1) is 24.0 Å². The number of ether oxygens (including phenoxy) is 2. The van der Waals surface area contributed by atoms with E-state index in [0.29, 0.717) is 0 Å². The van der Waals surface area contributed by atoms with Gasteiger partial charge in [-0.2, -0.15) is 0 Å². The number of rotatable bonds is 6. The summed E-state index contributed by atoms with van der Waals surface area (Å²) in [5.74, 6) is 0.949. The van der Waals surface area contributed by atoms with Gasteiger partial charge in [-0.15, -0.1) is 37.2 Å². The Hall–Kier alpha value is -0.920. The van der Waals surface area contributed by atoms with Crippen molar-refractivity contribution in [3.63, 3.8) is 0 Å². The molecule has 1 aromatic heterocycles. The van der Waals surface area contributed by atoms with Gasteiger partial charge in [0.25, 0.3) is 0 Å². The highest BCUT2D eigenvalue weighted by Gasteiger charge is 2.19. The van der Waals surface area contributed by atoms with Crippen molar-refractivity contribution < 1.29 is 9.47 Å². The van der Waals surface area contributed by atoms with Gasteiger partial charge in [0, 0.05) is 32.7 Å². The molecule has 0 N–H and O–H groups in total. The molecule has 0 saturated carbocycles. The molecule has 0 atom stereocenters. The molecule has 2 aromatic rings. The van der Waals surface area contributed by atoms with Crippen LogP contribution in [0.15, 0.2) is 29.8 Å². The molecule has 1 aliphatic rings. The van der Waals surface area contributed by atoms with Gasteiger partial charge in [0.2, 0.25) is 0 Å². The molecule has 0 radical (unpaired) electrons. The second-order valence-corrected chi connectivity index (χ2v) is 6.39. The van der Waals surface area contributed by atoms with Crippen LogP contribution in [0.2, 0.25) is 0 Å². The topological polar surface area (TPSA) is 37.8 Å². The Labute approximate surface area is 177 Å². The number of nitrogens with zero attached hydrogens (tertiary/aromatic N) is 3. The lowest BCUT2D eigenvalue weighted by Gasteiger charge is -2.36. The van der Waals surface area contributed by atoms with Crippen LogP contribution in [-0.4, -0.2) is 56.3 Å². The number of halogens is 3. The Morgan fingerprint density at radius 1 is 1.08 bits per heavy atom. The lowest BCUT2D eigenvalue weighted by molar-refractivity contribution is 0.202.